The number of benzene rings is 2. The maximum Gasteiger partial charge on any atom is 0.321 e. The highest BCUT2D eigenvalue weighted by Gasteiger charge is 2.24. The zero-order valence-corrected chi connectivity index (χ0v) is 16.6. The molecule has 2 aromatic carbocycles. The first-order valence-electron chi connectivity index (χ1n) is 8.60. The number of nitrogens with one attached hydrogen (secondary N) is 1. The Balaban J connectivity index is 1.59. The Morgan fingerprint density at radius 3 is 2.48 bits per heavy atom. The Hall–Kier alpha value is -3.24. The average Bonchev–Trinajstić information content (AvgIpc) is 3.09. The molecule has 0 aliphatic rings. The molecule has 152 valence electrons. The predicted octanol–water partition coefficient (Wildman–Crippen LogP) is 2.15. The number of oxazole rings is 1. The summed E-state index contributed by atoms with van der Waals surface area (Å²) < 4.78 is 36.6. The van der Waals surface area contributed by atoms with E-state index in [1.807, 2.05) is 6.07 Å². The van der Waals surface area contributed by atoms with Gasteiger partial charge >= 0.3 is 5.97 Å². The van der Waals surface area contributed by atoms with Gasteiger partial charge in [-0.05, 0) is 36.4 Å². The lowest BCUT2D eigenvalue weighted by molar-refractivity contribution is -0.145. The molecule has 10 heteroatoms. The fourth-order valence-electron chi connectivity index (χ4n) is 2.53. The van der Waals surface area contributed by atoms with E-state index in [2.05, 4.69) is 10.3 Å². The van der Waals surface area contributed by atoms with Crippen molar-refractivity contribution in [3.63, 3.8) is 0 Å². The minimum atomic E-state index is -3.90. The SMILES string of the molecule is CC(=O)Nc1ccc(S(=O)(=O)N(C)CC(=O)OCc2nc3ccccc3o2)cc1. The van der Waals surface area contributed by atoms with Crippen LogP contribution in [-0.2, 0) is 31.0 Å². The molecule has 0 fully saturated rings. The van der Waals surface area contributed by atoms with Crippen molar-refractivity contribution in [3.8, 4) is 0 Å². The standard InChI is InChI=1S/C19H19N3O6S/c1-13(23)20-14-7-9-15(10-8-14)29(25,26)22(2)11-19(24)27-12-18-21-16-5-3-4-6-17(16)28-18/h3-10H,11-12H2,1-2H3,(H,20,23). The van der Waals surface area contributed by atoms with Gasteiger partial charge in [0.25, 0.3) is 0 Å². The van der Waals surface area contributed by atoms with Gasteiger partial charge < -0.3 is 14.5 Å². The highest BCUT2D eigenvalue weighted by Crippen LogP contribution is 2.18. The van der Waals surface area contributed by atoms with Crippen LogP contribution in [0.25, 0.3) is 11.1 Å². The van der Waals surface area contributed by atoms with Gasteiger partial charge in [-0.3, -0.25) is 9.59 Å². The van der Waals surface area contributed by atoms with Crippen molar-refractivity contribution in [2.24, 2.45) is 0 Å². The average molecular weight is 417 g/mol. The van der Waals surface area contributed by atoms with Crippen LogP contribution in [0.5, 0.6) is 0 Å². The lowest BCUT2D eigenvalue weighted by Gasteiger charge is -2.16. The molecule has 9 nitrogen and oxygen atoms in total. The highest BCUT2D eigenvalue weighted by molar-refractivity contribution is 7.89. The van der Waals surface area contributed by atoms with Gasteiger partial charge in [-0.1, -0.05) is 12.1 Å². The van der Waals surface area contributed by atoms with Crippen molar-refractivity contribution in [3.05, 3.63) is 54.4 Å². The Morgan fingerprint density at radius 1 is 1.14 bits per heavy atom. The summed E-state index contributed by atoms with van der Waals surface area (Å²) in [6.45, 7) is 0.674. The van der Waals surface area contributed by atoms with E-state index >= 15 is 0 Å². The van der Waals surface area contributed by atoms with Crippen LogP contribution in [0.1, 0.15) is 12.8 Å². The van der Waals surface area contributed by atoms with Crippen LogP contribution in [0.2, 0.25) is 0 Å². The number of nitrogens with zero attached hydrogens (tertiary/aromatic N) is 2. The molecule has 0 radical (unpaired) electrons. The van der Waals surface area contributed by atoms with Crippen molar-refractivity contribution in [1.82, 2.24) is 9.29 Å². The molecule has 0 unspecified atom stereocenters. The molecule has 3 rings (SSSR count). The van der Waals surface area contributed by atoms with Crippen molar-refractivity contribution in [1.29, 1.82) is 0 Å². The zero-order valence-electron chi connectivity index (χ0n) is 15.8. The normalized spacial score (nSPS) is 11.6. The molecule has 1 heterocycles. The van der Waals surface area contributed by atoms with Crippen LogP contribution in [-0.4, -0.2) is 43.2 Å². The van der Waals surface area contributed by atoms with Crippen LogP contribution in [0.4, 0.5) is 5.69 Å². The van der Waals surface area contributed by atoms with Crippen LogP contribution in [0, 0.1) is 0 Å². The summed E-state index contributed by atoms with van der Waals surface area (Å²) in [5.41, 5.74) is 1.68. The monoisotopic (exact) mass is 417 g/mol. The van der Waals surface area contributed by atoms with Gasteiger partial charge in [0, 0.05) is 19.7 Å². The number of fused-ring (bicyclic) bond motifs is 1. The van der Waals surface area contributed by atoms with Gasteiger partial charge in [0.1, 0.15) is 12.1 Å². The number of hydrogen-bond acceptors (Lipinski definition) is 7. The molecule has 0 bridgehead atoms. The van der Waals surface area contributed by atoms with Gasteiger partial charge in [-0.15, -0.1) is 0 Å². The molecule has 29 heavy (non-hydrogen) atoms. The lowest BCUT2D eigenvalue weighted by Crippen LogP contribution is -2.33. The fraction of sp³-hybridized carbons (Fsp3) is 0.211. The maximum atomic E-state index is 12.6. The smallest absolute Gasteiger partial charge is 0.321 e. The van der Waals surface area contributed by atoms with Gasteiger partial charge in [-0.25, -0.2) is 13.4 Å². The summed E-state index contributed by atoms with van der Waals surface area (Å²) in [5, 5.41) is 2.55. The third kappa shape index (κ3) is 4.98. The zero-order chi connectivity index (χ0) is 21.0. The van der Waals surface area contributed by atoms with Crippen molar-refractivity contribution >= 4 is 38.7 Å². The van der Waals surface area contributed by atoms with E-state index < -0.39 is 22.5 Å². The lowest BCUT2D eigenvalue weighted by atomic mass is 10.3. The fourth-order valence-corrected chi connectivity index (χ4v) is 3.65. The Kier molecular flexibility index (Phi) is 5.95. The second kappa shape index (κ2) is 8.41. The molecule has 0 aliphatic carbocycles. The highest BCUT2D eigenvalue weighted by atomic mass is 32.2. The molecule has 3 aromatic rings. The first-order valence-corrected chi connectivity index (χ1v) is 10.0. The third-order valence-corrected chi connectivity index (χ3v) is 5.75. The summed E-state index contributed by atoms with van der Waals surface area (Å²) in [4.78, 5) is 27.3. The summed E-state index contributed by atoms with van der Waals surface area (Å²) in [6, 6.07) is 12.7. The molecule has 1 N–H and O–H groups in total. The number of amides is 1. The number of esters is 1. The molecule has 1 aromatic heterocycles. The van der Waals surface area contributed by atoms with E-state index in [4.69, 9.17) is 9.15 Å². The number of para-hydroxylation sites is 2. The van der Waals surface area contributed by atoms with Crippen molar-refractivity contribution < 1.29 is 27.2 Å². The molecule has 1 amide bonds. The number of carbonyl (C=O) groups is 2. The van der Waals surface area contributed by atoms with Crippen molar-refractivity contribution in [2.75, 3.05) is 18.9 Å². The first-order chi connectivity index (χ1) is 13.8. The number of rotatable bonds is 7. The summed E-state index contributed by atoms with van der Waals surface area (Å²) >= 11 is 0. The third-order valence-electron chi connectivity index (χ3n) is 3.93. The second-order valence-electron chi connectivity index (χ2n) is 6.20. The molecule has 0 saturated carbocycles. The second-order valence-corrected chi connectivity index (χ2v) is 8.25. The van der Waals surface area contributed by atoms with Crippen molar-refractivity contribution in [2.45, 2.75) is 18.4 Å². The number of ether oxygens (including phenoxy) is 1. The van der Waals surface area contributed by atoms with E-state index in [-0.39, 0.29) is 23.3 Å². The number of aromatic nitrogens is 1. The van der Waals surface area contributed by atoms with E-state index in [1.165, 1.54) is 38.2 Å². The number of likely N-dealkylation sites (N-methyl/N-ethyl adjacent to an activating group) is 1. The summed E-state index contributed by atoms with van der Waals surface area (Å²) in [6.07, 6.45) is 0. The molecule has 0 spiro atoms. The number of carbonyl (C=O) groups excluding carboxylic acids is 2. The van der Waals surface area contributed by atoms with Crippen LogP contribution in [0.15, 0.2) is 57.8 Å². The summed E-state index contributed by atoms with van der Waals surface area (Å²) in [5.74, 6) is -0.786. The Bertz CT molecular complexity index is 1110. The van der Waals surface area contributed by atoms with E-state index in [0.717, 1.165) is 4.31 Å². The number of sulfonamides is 1. The Labute approximate surface area is 167 Å². The molecule has 0 aliphatic heterocycles. The maximum absolute atomic E-state index is 12.6. The number of anilines is 1. The van der Waals surface area contributed by atoms with Gasteiger partial charge in [-0.2, -0.15) is 4.31 Å². The molecule has 0 atom stereocenters. The van der Waals surface area contributed by atoms with E-state index in [0.29, 0.717) is 16.8 Å². The van der Waals surface area contributed by atoms with Crippen LogP contribution in [0.3, 0.4) is 0 Å². The largest absolute Gasteiger partial charge is 0.455 e. The van der Waals surface area contributed by atoms with Crippen LogP contribution < -0.4 is 5.32 Å². The number of hydrogen-bond donors (Lipinski definition) is 1. The van der Waals surface area contributed by atoms with Gasteiger partial charge in [0.05, 0.1) is 4.90 Å². The molecule has 0 saturated heterocycles. The first kappa shape index (κ1) is 20.5. The predicted molar refractivity (Wildman–Crippen MR) is 104 cm³/mol. The quantitative estimate of drug-likeness (QED) is 0.585. The molecular formula is C19H19N3O6S. The van der Waals surface area contributed by atoms with Crippen LogP contribution >= 0.6 is 0 Å². The summed E-state index contributed by atoms with van der Waals surface area (Å²) in [7, 11) is -2.63. The van der Waals surface area contributed by atoms with E-state index in [1.54, 1.807) is 18.2 Å². The van der Waals surface area contributed by atoms with Gasteiger partial charge in [0.2, 0.25) is 21.8 Å². The topological polar surface area (TPSA) is 119 Å². The Morgan fingerprint density at radius 2 is 1.83 bits per heavy atom. The minimum absolute atomic E-state index is 0.0131. The van der Waals surface area contributed by atoms with Gasteiger partial charge in [0.15, 0.2) is 12.2 Å². The van der Waals surface area contributed by atoms with E-state index in [9.17, 15) is 18.0 Å². The molecular weight excluding hydrogens is 398 g/mol. The minimum Gasteiger partial charge on any atom is -0.455 e.